The molecule has 1 aromatic heterocycles. The molecule has 0 aliphatic heterocycles. The molecule has 1 heterocycles. The van der Waals surface area contributed by atoms with Crippen LogP contribution < -0.4 is 5.32 Å². The Morgan fingerprint density at radius 3 is 2.40 bits per heavy atom. The molecular formula is C12H7Br2F4NS. The van der Waals surface area contributed by atoms with Crippen LogP contribution in [0.25, 0.3) is 0 Å². The van der Waals surface area contributed by atoms with E-state index in [-0.39, 0.29) is 12.2 Å². The molecule has 0 bridgehead atoms. The monoisotopic (exact) mass is 431 g/mol. The molecule has 20 heavy (non-hydrogen) atoms. The molecule has 8 heteroatoms. The van der Waals surface area contributed by atoms with Crippen molar-refractivity contribution >= 4 is 48.9 Å². The molecule has 0 amide bonds. The van der Waals surface area contributed by atoms with Crippen LogP contribution in [-0.2, 0) is 12.7 Å². The summed E-state index contributed by atoms with van der Waals surface area (Å²) >= 11 is 8.03. The highest BCUT2D eigenvalue weighted by Gasteiger charge is 2.31. The van der Waals surface area contributed by atoms with Crippen molar-refractivity contribution in [2.75, 3.05) is 5.32 Å². The molecule has 0 saturated heterocycles. The van der Waals surface area contributed by atoms with Crippen LogP contribution in [0.2, 0.25) is 0 Å². The molecule has 0 radical (unpaired) electrons. The minimum absolute atomic E-state index is 0.166. The average molecular weight is 433 g/mol. The van der Waals surface area contributed by atoms with Crippen LogP contribution >= 0.6 is 43.2 Å². The molecule has 1 nitrogen and oxygen atoms in total. The first-order chi connectivity index (χ1) is 9.27. The van der Waals surface area contributed by atoms with Crippen LogP contribution in [0.1, 0.15) is 10.4 Å². The molecule has 0 fully saturated rings. The summed E-state index contributed by atoms with van der Waals surface area (Å²) in [6.07, 6.45) is -4.49. The maximum absolute atomic E-state index is 13.5. The molecule has 108 valence electrons. The largest absolute Gasteiger partial charge is 0.416 e. The van der Waals surface area contributed by atoms with E-state index in [0.717, 1.165) is 31.3 Å². The third-order valence-electron chi connectivity index (χ3n) is 2.44. The van der Waals surface area contributed by atoms with Crippen LogP contribution in [0.4, 0.5) is 23.2 Å². The van der Waals surface area contributed by atoms with Crippen molar-refractivity contribution in [3.8, 4) is 0 Å². The van der Waals surface area contributed by atoms with Gasteiger partial charge in [-0.2, -0.15) is 13.2 Å². The summed E-state index contributed by atoms with van der Waals surface area (Å²) in [7, 11) is 0. The molecule has 2 aromatic rings. The summed E-state index contributed by atoms with van der Waals surface area (Å²) in [5, 5.41) is 2.68. The highest BCUT2D eigenvalue weighted by molar-refractivity contribution is 9.13. The molecule has 0 atom stereocenters. The number of hydrogen-bond donors (Lipinski definition) is 1. The molecule has 2 rings (SSSR count). The Bertz CT molecular complexity index is 605. The van der Waals surface area contributed by atoms with E-state index < -0.39 is 17.6 Å². The van der Waals surface area contributed by atoms with Gasteiger partial charge in [-0.25, -0.2) is 4.39 Å². The van der Waals surface area contributed by atoms with E-state index in [1.807, 2.05) is 6.07 Å². The fraction of sp³-hybridized carbons (Fsp3) is 0.167. The Morgan fingerprint density at radius 1 is 1.15 bits per heavy atom. The summed E-state index contributed by atoms with van der Waals surface area (Å²) in [5.41, 5.74) is -1.05. The van der Waals surface area contributed by atoms with Crippen LogP contribution in [0, 0.1) is 5.82 Å². The van der Waals surface area contributed by atoms with Crippen molar-refractivity contribution in [1.82, 2.24) is 0 Å². The van der Waals surface area contributed by atoms with Crippen LogP contribution in [0.15, 0.2) is 32.5 Å². The number of benzene rings is 1. The lowest BCUT2D eigenvalue weighted by atomic mass is 10.2. The summed E-state index contributed by atoms with van der Waals surface area (Å²) in [6, 6.07) is 4.12. The zero-order valence-electron chi connectivity index (χ0n) is 9.69. The smallest absolute Gasteiger partial charge is 0.378 e. The maximum Gasteiger partial charge on any atom is 0.416 e. The number of halogens is 6. The van der Waals surface area contributed by atoms with Gasteiger partial charge in [0.2, 0.25) is 0 Å². The fourth-order valence-corrected chi connectivity index (χ4v) is 3.61. The van der Waals surface area contributed by atoms with Crippen molar-refractivity contribution in [3.63, 3.8) is 0 Å². The lowest BCUT2D eigenvalue weighted by Crippen LogP contribution is -2.07. The van der Waals surface area contributed by atoms with Gasteiger partial charge in [0.1, 0.15) is 5.82 Å². The second-order valence-electron chi connectivity index (χ2n) is 3.88. The van der Waals surface area contributed by atoms with Gasteiger partial charge < -0.3 is 5.32 Å². The second-order valence-corrected chi connectivity index (χ2v) is 7.19. The Kier molecular flexibility index (Phi) is 4.76. The fourth-order valence-electron chi connectivity index (χ4n) is 1.50. The molecule has 1 aromatic carbocycles. The maximum atomic E-state index is 13.5. The van der Waals surface area contributed by atoms with E-state index in [2.05, 4.69) is 37.2 Å². The number of rotatable bonds is 3. The first-order valence-electron chi connectivity index (χ1n) is 5.31. The molecule has 0 spiro atoms. The topological polar surface area (TPSA) is 12.0 Å². The van der Waals surface area contributed by atoms with Crippen molar-refractivity contribution < 1.29 is 17.6 Å². The Balaban J connectivity index is 2.16. The van der Waals surface area contributed by atoms with Gasteiger partial charge in [-0.1, -0.05) is 0 Å². The first kappa shape index (κ1) is 15.8. The van der Waals surface area contributed by atoms with Crippen LogP contribution in [0.3, 0.4) is 0 Å². The van der Waals surface area contributed by atoms with Crippen molar-refractivity contribution in [3.05, 3.63) is 48.8 Å². The van der Waals surface area contributed by atoms with Gasteiger partial charge in [-0.15, -0.1) is 11.3 Å². The van der Waals surface area contributed by atoms with E-state index in [4.69, 9.17) is 0 Å². The van der Waals surface area contributed by atoms with Gasteiger partial charge in [0.25, 0.3) is 0 Å². The van der Waals surface area contributed by atoms with Gasteiger partial charge in [0.15, 0.2) is 0 Å². The lowest BCUT2D eigenvalue weighted by Gasteiger charge is -2.11. The second kappa shape index (κ2) is 6.03. The zero-order valence-corrected chi connectivity index (χ0v) is 13.7. The molecular weight excluding hydrogens is 426 g/mol. The normalized spacial score (nSPS) is 11.7. The van der Waals surface area contributed by atoms with E-state index in [1.165, 1.54) is 11.3 Å². The summed E-state index contributed by atoms with van der Waals surface area (Å²) < 4.78 is 52.9. The summed E-state index contributed by atoms with van der Waals surface area (Å²) in [6.45, 7) is 0.243. The predicted octanol–water partition coefficient (Wildman–Crippen LogP) is 6.04. The Hall–Kier alpha value is -0.600. The number of hydrogen-bond acceptors (Lipinski definition) is 2. The number of thiophene rings is 1. The quantitative estimate of drug-likeness (QED) is 0.582. The molecule has 0 aliphatic rings. The van der Waals surface area contributed by atoms with E-state index in [0.29, 0.717) is 0 Å². The van der Waals surface area contributed by atoms with E-state index in [9.17, 15) is 17.6 Å². The first-order valence-corrected chi connectivity index (χ1v) is 7.72. The number of alkyl halides is 3. The van der Waals surface area contributed by atoms with Crippen molar-refractivity contribution in [1.29, 1.82) is 0 Å². The molecule has 1 N–H and O–H groups in total. The number of anilines is 1. The SMILES string of the molecule is Fc1ccc(C(F)(F)F)cc1NCc1cc(Br)c(Br)s1. The van der Waals surface area contributed by atoms with E-state index >= 15 is 0 Å². The Morgan fingerprint density at radius 2 is 1.85 bits per heavy atom. The van der Waals surface area contributed by atoms with Crippen molar-refractivity contribution in [2.24, 2.45) is 0 Å². The molecule has 0 unspecified atom stereocenters. The van der Waals surface area contributed by atoms with Gasteiger partial charge >= 0.3 is 6.18 Å². The predicted molar refractivity (Wildman–Crippen MR) is 78.4 cm³/mol. The third kappa shape index (κ3) is 3.73. The third-order valence-corrected chi connectivity index (χ3v) is 5.70. The molecule has 0 aliphatic carbocycles. The minimum Gasteiger partial charge on any atom is -0.378 e. The van der Waals surface area contributed by atoms with Gasteiger partial charge in [0.05, 0.1) is 15.0 Å². The van der Waals surface area contributed by atoms with Gasteiger partial charge in [0, 0.05) is 15.9 Å². The number of nitrogens with one attached hydrogen (secondary N) is 1. The lowest BCUT2D eigenvalue weighted by molar-refractivity contribution is -0.137. The highest BCUT2D eigenvalue weighted by Crippen LogP contribution is 2.34. The van der Waals surface area contributed by atoms with E-state index in [1.54, 1.807) is 0 Å². The summed E-state index contributed by atoms with van der Waals surface area (Å²) in [4.78, 5) is 0.862. The Labute approximate surface area is 133 Å². The van der Waals surface area contributed by atoms with Crippen LogP contribution in [-0.4, -0.2) is 0 Å². The standard InChI is InChI=1S/C12H7Br2F4NS/c13-8-4-7(20-11(8)14)5-19-10-3-6(12(16,17)18)1-2-9(10)15/h1-4,19H,5H2. The van der Waals surface area contributed by atoms with Crippen molar-refractivity contribution in [2.45, 2.75) is 12.7 Å². The summed E-state index contributed by atoms with van der Waals surface area (Å²) in [5.74, 6) is -0.715. The van der Waals surface area contributed by atoms with Gasteiger partial charge in [-0.05, 0) is 56.1 Å². The van der Waals surface area contributed by atoms with Crippen LogP contribution in [0.5, 0.6) is 0 Å². The molecule has 0 saturated carbocycles. The average Bonchev–Trinajstić information content (AvgIpc) is 2.66. The zero-order chi connectivity index (χ0) is 14.9. The minimum atomic E-state index is -4.49. The highest BCUT2D eigenvalue weighted by atomic mass is 79.9. The van der Waals surface area contributed by atoms with Gasteiger partial charge in [-0.3, -0.25) is 0 Å².